The van der Waals surface area contributed by atoms with Gasteiger partial charge in [-0.15, -0.1) is 16.9 Å². The Morgan fingerprint density at radius 3 is 2.41 bits per heavy atom. The summed E-state index contributed by atoms with van der Waals surface area (Å²) < 4.78 is 3.84. The number of benzene rings is 3. The average molecular weight is 539 g/mol. The highest BCUT2D eigenvalue weighted by Crippen LogP contribution is 2.37. The molecule has 2 amide bonds. The van der Waals surface area contributed by atoms with E-state index in [2.05, 4.69) is 56.7 Å². The third kappa shape index (κ3) is 5.44. The zero-order valence-corrected chi connectivity index (χ0v) is 21.6. The average Bonchev–Trinajstić information content (AvgIpc) is 3.55. The highest BCUT2D eigenvalue weighted by Gasteiger charge is 2.31. The Labute approximate surface area is 231 Å². The van der Waals surface area contributed by atoms with E-state index < -0.39 is 11.9 Å². The largest absolute Gasteiger partial charge is 0.343 e. The van der Waals surface area contributed by atoms with Gasteiger partial charge in [0.15, 0.2) is 5.69 Å². The number of hydrogen-bond acceptors (Lipinski definition) is 5. The van der Waals surface area contributed by atoms with Gasteiger partial charge in [-0.1, -0.05) is 73.3 Å². The number of likely N-dealkylation sites (N-methyl/N-ethyl adjacent to an activating group) is 1. The highest BCUT2D eigenvalue weighted by molar-refractivity contribution is 7.99. The van der Waals surface area contributed by atoms with Gasteiger partial charge in [-0.2, -0.15) is 0 Å². The van der Waals surface area contributed by atoms with Gasteiger partial charge in [0, 0.05) is 41.3 Å². The van der Waals surface area contributed by atoms with Gasteiger partial charge in [-0.3, -0.25) is 9.59 Å². The smallest absolute Gasteiger partial charge is 0.274 e. The molecule has 3 aromatic carbocycles. The van der Waals surface area contributed by atoms with Gasteiger partial charge >= 0.3 is 0 Å². The SMILES string of the molecule is C.CN1C(=O)[C@@H](NC(=O)c2cn(Cc3ccccc3)nn2)CSc2cc3c(ccn3Cc3ccccc3)cc21. The van der Waals surface area contributed by atoms with Crippen molar-refractivity contribution in [2.75, 3.05) is 17.7 Å². The molecule has 1 aliphatic rings. The molecule has 0 bridgehead atoms. The van der Waals surface area contributed by atoms with Crippen LogP contribution in [0, 0.1) is 0 Å². The van der Waals surface area contributed by atoms with Crippen molar-refractivity contribution in [3.8, 4) is 0 Å². The molecule has 8 nitrogen and oxygen atoms in total. The van der Waals surface area contributed by atoms with E-state index in [9.17, 15) is 9.59 Å². The Morgan fingerprint density at radius 2 is 1.69 bits per heavy atom. The second-order valence-corrected chi connectivity index (χ2v) is 10.4. The molecule has 0 unspecified atom stereocenters. The van der Waals surface area contributed by atoms with Crippen molar-refractivity contribution in [1.29, 1.82) is 0 Å². The molecule has 3 heterocycles. The Hall–Kier alpha value is -4.37. The molecule has 0 saturated carbocycles. The van der Waals surface area contributed by atoms with Gasteiger partial charge in [-0.25, -0.2) is 4.68 Å². The molecule has 0 aliphatic carbocycles. The Morgan fingerprint density at radius 1 is 1.00 bits per heavy atom. The van der Waals surface area contributed by atoms with Crippen molar-refractivity contribution in [3.63, 3.8) is 0 Å². The molecule has 1 N–H and O–H groups in total. The predicted molar refractivity (Wildman–Crippen MR) is 155 cm³/mol. The maximum atomic E-state index is 13.4. The topological polar surface area (TPSA) is 85.1 Å². The van der Waals surface area contributed by atoms with E-state index in [1.165, 1.54) is 5.56 Å². The maximum Gasteiger partial charge on any atom is 0.274 e. The minimum atomic E-state index is -0.685. The molecule has 1 atom stereocenters. The summed E-state index contributed by atoms with van der Waals surface area (Å²) in [5.41, 5.74) is 4.42. The fourth-order valence-electron chi connectivity index (χ4n) is 4.68. The van der Waals surface area contributed by atoms with Crippen LogP contribution in [0.3, 0.4) is 0 Å². The van der Waals surface area contributed by atoms with Crippen LogP contribution in [-0.4, -0.2) is 50.2 Å². The number of hydrogen-bond donors (Lipinski definition) is 1. The molecular formula is C30H30N6O2S. The van der Waals surface area contributed by atoms with Crippen molar-refractivity contribution in [2.45, 2.75) is 31.5 Å². The molecule has 198 valence electrons. The normalized spacial score (nSPS) is 14.9. The Balaban J connectivity index is 0.00000308. The molecule has 2 aromatic heterocycles. The quantitative estimate of drug-likeness (QED) is 0.335. The molecule has 0 spiro atoms. The summed E-state index contributed by atoms with van der Waals surface area (Å²) in [7, 11) is 1.76. The zero-order chi connectivity index (χ0) is 26.1. The first kappa shape index (κ1) is 26.2. The highest BCUT2D eigenvalue weighted by atomic mass is 32.2. The number of aromatic nitrogens is 4. The lowest BCUT2D eigenvalue weighted by Gasteiger charge is -2.21. The molecular weight excluding hydrogens is 508 g/mol. The second kappa shape index (κ2) is 11.2. The van der Waals surface area contributed by atoms with Crippen LogP contribution in [-0.2, 0) is 17.9 Å². The van der Waals surface area contributed by atoms with Crippen LogP contribution in [0.5, 0.6) is 0 Å². The van der Waals surface area contributed by atoms with Crippen molar-refractivity contribution in [1.82, 2.24) is 24.9 Å². The third-order valence-electron chi connectivity index (χ3n) is 6.71. The number of carbonyl (C=O) groups excluding carboxylic acids is 2. The first-order valence-corrected chi connectivity index (χ1v) is 13.4. The lowest BCUT2D eigenvalue weighted by Crippen LogP contribution is -2.48. The van der Waals surface area contributed by atoms with Crippen LogP contribution in [0.2, 0.25) is 0 Å². The van der Waals surface area contributed by atoms with E-state index in [0.29, 0.717) is 12.3 Å². The van der Waals surface area contributed by atoms with Crippen molar-refractivity contribution >= 4 is 40.2 Å². The van der Waals surface area contributed by atoms with E-state index in [1.807, 2.05) is 48.5 Å². The lowest BCUT2D eigenvalue weighted by atomic mass is 10.2. The molecule has 0 fully saturated rings. The summed E-state index contributed by atoms with van der Waals surface area (Å²) in [6.45, 7) is 1.28. The fraction of sp³-hybridized carbons (Fsp3) is 0.200. The van der Waals surface area contributed by atoms with Crippen LogP contribution in [0.1, 0.15) is 29.0 Å². The molecule has 39 heavy (non-hydrogen) atoms. The van der Waals surface area contributed by atoms with Crippen molar-refractivity contribution < 1.29 is 9.59 Å². The lowest BCUT2D eigenvalue weighted by molar-refractivity contribution is -0.119. The van der Waals surface area contributed by atoms with Crippen LogP contribution >= 0.6 is 11.8 Å². The summed E-state index contributed by atoms with van der Waals surface area (Å²) in [6, 6.07) is 25.8. The first-order valence-electron chi connectivity index (χ1n) is 12.4. The summed E-state index contributed by atoms with van der Waals surface area (Å²) in [5.74, 6) is -0.156. The first-order chi connectivity index (χ1) is 18.5. The number of nitrogens with one attached hydrogen (secondary N) is 1. The fourth-order valence-corrected chi connectivity index (χ4v) is 5.80. The Kier molecular flexibility index (Phi) is 7.51. The van der Waals surface area contributed by atoms with E-state index in [4.69, 9.17) is 0 Å². The standard InChI is InChI=1S/C29H26N6O2S.CH4/c1-33-26-14-22-12-13-34(16-20-8-4-2-5-9-20)25(22)15-27(26)38-19-24(29(33)37)30-28(36)23-18-35(32-31-23)17-21-10-6-3-7-11-21;/h2-15,18,24H,16-17,19H2,1H3,(H,30,36);1H4/t24-;/m0./s1. The van der Waals surface area contributed by atoms with Crippen molar-refractivity contribution in [3.05, 3.63) is 108 Å². The maximum absolute atomic E-state index is 13.4. The van der Waals surface area contributed by atoms with Gasteiger partial charge < -0.3 is 14.8 Å². The number of amides is 2. The summed E-state index contributed by atoms with van der Waals surface area (Å²) in [5, 5.41) is 12.0. The zero-order valence-electron chi connectivity index (χ0n) is 20.8. The number of rotatable bonds is 6. The van der Waals surface area contributed by atoms with Gasteiger partial charge in [0.25, 0.3) is 5.91 Å². The van der Waals surface area contributed by atoms with Crippen LogP contribution in [0.4, 0.5) is 5.69 Å². The summed E-state index contributed by atoms with van der Waals surface area (Å²) in [6.07, 6.45) is 3.69. The molecule has 1 aliphatic heterocycles. The minimum absolute atomic E-state index is 0. The third-order valence-corrected chi connectivity index (χ3v) is 7.84. The minimum Gasteiger partial charge on any atom is -0.343 e. The van der Waals surface area contributed by atoms with Gasteiger partial charge in [0.05, 0.1) is 18.4 Å². The monoisotopic (exact) mass is 538 g/mol. The van der Waals surface area contributed by atoms with Crippen LogP contribution in [0.15, 0.2) is 96.2 Å². The summed E-state index contributed by atoms with van der Waals surface area (Å²) >= 11 is 1.57. The molecule has 6 rings (SSSR count). The van der Waals surface area contributed by atoms with Gasteiger partial charge in [0.2, 0.25) is 5.91 Å². The van der Waals surface area contributed by atoms with Gasteiger partial charge in [-0.05, 0) is 29.3 Å². The number of carbonyl (C=O) groups is 2. The van der Waals surface area contributed by atoms with E-state index in [0.717, 1.165) is 33.6 Å². The number of thioether (sulfide) groups is 1. The Bertz CT molecular complexity index is 1610. The molecule has 5 aromatic rings. The molecule has 0 saturated heterocycles. The molecule has 9 heteroatoms. The van der Waals surface area contributed by atoms with E-state index in [1.54, 1.807) is 34.6 Å². The summed E-state index contributed by atoms with van der Waals surface area (Å²) in [4.78, 5) is 29.0. The number of nitrogens with zero attached hydrogens (tertiary/aromatic N) is 5. The van der Waals surface area contributed by atoms with Crippen LogP contribution in [0.25, 0.3) is 10.9 Å². The molecule has 0 radical (unpaired) electrons. The van der Waals surface area contributed by atoms with Gasteiger partial charge in [0.1, 0.15) is 6.04 Å². The number of anilines is 1. The van der Waals surface area contributed by atoms with E-state index >= 15 is 0 Å². The number of fused-ring (bicyclic) bond motifs is 2. The predicted octanol–water partition coefficient (Wildman–Crippen LogP) is 4.83. The van der Waals surface area contributed by atoms with Crippen LogP contribution < -0.4 is 10.2 Å². The van der Waals surface area contributed by atoms with Crippen molar-refractivity contribution in [2.24, 2.45) is 0 Å². The second-order valence-electron chi connectivity index (χ2n) is 9.33. The van der Waals surface area contributed by atoms with E-state index in [-0.39, 0.29) is 19.0 Å².